The minimum Gasteiger partial charge on any atom is -0.394 e. The number of likely N-dealkylation sites (N-methyl/N-ethyl adjacent to an activating group) is 1. The van der Waals surface area contributed by atoms with E-state index in [2.05, 4.69) is 31.9 Å². The number of carbonyl (C=O) groups excluding carboxylic acids is 3. The monoisotopic (exact) mass is 616 g/mol. The Morgan fingerprint density at radius 1 is 1.02 bits per heavy atom. The molecule has 3 heterocycles. The number of likely N-dealkylation sites (tertiary alicyclic amines) is 1. The number of hydrogen-bond acceptors (Lipinski definition) is 6. The van der Waals surface area contributed by atoms with E-state index < -0.39 is 28.7 Å². The van der Waals surface area contributed by atoms with Crippen molar-refractivity contribution in [2.75, 3.05) is 49.6 Å². The van der Waals surface area contributed by atoms with Crippen LogP contribution in [0.1, 0.15) is 38.3 Å². The SMILES string of the molecule is C=CCN(C)C(=O)[C@@H]1[C@H]2C(=O)N([C@H](CO)c3ccccc3)C(C(=O)N(CC=C)c3ccc(N(CC)CC)cc3)C23CC[C@H]1S3. The number of aliphatic hydroxyl groups is 1. The summed E-state index contributed by atoms with van der Waals surface area (Å²) in [6.45, 7) is 14.0. The Hall–Kier alpha value is -3.56. The molecule has 3 amide bonds. The summed E-state index contributed by atoms with van der Waals surface area (Å²) in [7, 11) is 1.74. The minimum atomic E-state index is -0.864. The smallest absolute Gasteiger partial charge is 0.251 e. The van der Waals surface area contributed by atoms with Crippen LogP contribution in [0.5, 0.6) is 0 Å². The zero-order chi connectivity index (χ0) is 31.6. The van der Waals surface area contributed by atoms with Gasteiger partial charge in [-0.1, -0.05) is 42.5 Å². The molecule has 1 spiro atoms. The average Bonchev–Trinajstić information content (AvgIpc) is 3.69. The first-order valence-corrected chi connectivity index (χ1v) is 16.4. The number of thioether (sulfide) groups is 1. The molecule has 2 aromatic rings. The summed E-state index contributed by atoms with van der Waals surface area (Å²) in [5.41, 5.74) is 2.54. The van der Waals surface area contributed by atoms with Crippen molar-refractivity contribution in [3.63, 3.8) is 0 Å². The Bertz CT molecular complexity index is 1380. The molecule has 5 rings (SSSR count). The lowest BCUT2D eigenvalue weighted by atomic mass is 9.70. The third kappa shape index (κ3) is 5.24. The standard InChI is InChI=1S/C35H44N4O4S/c1-6-21-36(5)32(41)29-28-19-20-35(44-28)30(29)33(42)39(27(23-40)24-13-11-10-12-14-24)31(35)34(43)38(22-7-2)26-17-15-25(16-18-26)37(8-3)9-4/h6-7,10-18,27-31,40H,1-2,8-9,19-23H2,3-5H3/t27-,28-,29+,30+,31?,35?/m1/s1. The molecule has 44 heavy (non-hydrogen) atoms. The second kappa shape index (κ2) is 13.2. The third-order valence-corrected chi connectivity index (χ3v) is 11.5. The zero-order valence-electron chi connectivity index (χ0n) is 26.0. The normalized spacial score (nSPS) is 25.8. The van der Waals surface area contributed by atoms with E-state index >= 15 is 0 Å². The number of carbonyl (C=O) groups is 3. The van der Waals surface area contributed by atoms with E-state index in [-0.39, 0.29) is 36.1 Å². The van der Waals surface area contributed by atoms with Crippen molar-refractivity contribution in [2.45, 2.75) is 48.8 Å². The number of hydrogen-bond donors (Lipinski definition) is 1. The Balaban J connectivity index is 1.60. The highest BCUT2D eigenvalue weighted by molar-refractivity contribution is 8.02. The Morgan fingerprint density at radius 3 is 2.25 bits per heavy atom. The largest absolute Gasteiger partial charge is 0.394 e. The lowest BCUT2D eigenvalue weighted by Gasteiger charge is -2.40. The summed E-state index contributed by atoms with van der Waals surface area (Å²) >= 11 is 1.63. The zero-order valence-corrected chi connectivity index (χ0v) is 26.8. The molecule has 2 aromatic carbocycles. The van der Waals surface area contributed by atoms with Crippen molar-refractivity contribution in [1.29, 1.82) is 0 Å². The highest BCUT2D eigenvalue weighted by Gasteiger charge is 2.74. The third-order valence-electron chi connectivity index (χ3n) is 9.60. The van der Waals surface area contributed by atoms with Gasteiger partial charge in [-0.15, -0.1) is 24.9 Å². The van der Waals surface area contributed by atoms with Crippen LogP contribution in [0.15, 0.2) is 79.9 Å². The van der Waals surface area contributed by atoms with Crippen molar-refractivity contribution in [1.82, 2.24) is 9.80 Å². The van der Waals surface area contributed by atoms with Gasteiger partial charge in [0.2, 0.25) is 11.8 Å². The second-order valence-electron chi connectivity index (χ2n) is 11.8. The van der Waals surface area contributed by atoms with Crippen LogP contribution in [0.4, 0.5) is 11.4 Å². The maximum Gasteiger partial charge on any atom is 0.251 e. The molecule has 6 atom stereocenters. The van der Waals surface area contributed by atoms with E-state index in [0.717, 1.165) is 30.8 Å². The van der Waals surface area contributed by atoms with Crippen molar-refractivity contribution >= 4 is 40.9 Å². The van der Waals surface area contributed by atoms with E-state index in [4.69, 9.17) is 0 Å². The molecule has 3 aliphatic heterocycles. The number of anilines is 2. The first-order valence-electron chi connectivity index (χ1n) is 15.6. The van der Waals surface area contributed by atoms with E-state index in [1.165, 1.54) is 0 Å². The molecule has 234 valence electrons. The van der Waals surface area contributed by atoms with Crippen LogP contribution in [0.2, 0.25) is 0 Å². The predicted molar refractivity (Wildman–Crippen MR) is 178 cm³/mol. The van der Waals surface area contributed by atoms with Crippen LogP contribution in [-0.4, -0.2) is 88.5 Å². The fourth-order valence-electron chi connectivity index (χ4n) is 7.59. The van der Waals surface area contributed by atoms with E-state index in [1.807, 2.05) is 54.6 Å². The molecule has 8 nitrogen and oxygen atoms in total. The molecule has 2 bridgehead atoms. The molecular formula is C35H44N4O4S. The summed E-state index contributed by atoms with van der Waals surface area (Å²) < 4.78 is -0.781. The van der Waals surface area contributed by atoms with Crippen molar-refractivity contribution in [3.8, 4) is 0 Å². The van der Waals surface area contributed by atoms with Crippen LogP contribution in [0, 0.1) is 11.8 Å². The van der Waals surface area contributed by atoms with Gasteiger partial charge in [0.1, 0.15) is 6.04 Å². The van der Waals surface area contributed by atoms with Crippen molar-refractivity contribution < 1.29 is 19.5 Å². The lowest BCUT2D eigenvalue weighted by molar-refractivity contribution is -0.145. The number of benzene rings is 2. The van der Waals surface area contributed by atoms with Crippen LogP contribution in [0.25, 0.3) is 0 Å². The van der Waals surface area contributed by atoms with Crippen LogP contribution >= 0.6 is 11.8 Å². The van der Waals surface area contributed by atoms with E-state index in [1.54, 1.807) is 45.7 Å². The molecule has 3 aliphatic rings. The minimum absolute atomic E-state index is 0.0494. The molecule has 1 N–H and O–H groups in total. The topological polar surface area (TPSA) is 84.4 Å². The maximum atomic E-state index is 15.0. The van der Waals surface area contributed by atoms with Gasteiger partial charge in [-0.05, 0) is 56.5 Å². The van der Waals surface area contributed by atoms with Crippen LogP contribution < -0.4 is 9.80 Å². The summed E-state index contributed by atoms with van der Waals surface area (Å²) in [4.78, 5) is 50.7. The highest BCUT2D eigenvalue weighted by atomic mass is 32.2. The van der Waals surface area contributed by atoms with Crippen LogP contribution in [0.3, 0.4) is 0 Å². The Kier molecular flexibility index (Phi) is 9.56. The number of fused-ring (bicyclic) bond motifs is 1. The highest BCUT2D eigenvalue weighted by Crippen LogP contribution is 2.67. The van der Waals surface area contributed by atoms with Crippen molar-refractivity contribution in [2.24, 2.45) is 11.8 Å². The Labute approximate surface area is 265 Å². The van der Waals surface area contributed by atoms with E-state index in [9.17, 15) is 19.5 Å². The molecular weight excluding hydrogens is 572 g/mol. The first kappa shape index (κ1) is 31.9. The van der Waals surface area contributed by atoms with Gasteiger partial charge in [-0.2, -0.15) is 0 Å². The molecule has 0 aliphatic carbocycles. The molecule has 3 saturated heterocycles. The van der Waals surface area contributed by atoms with E-state index in [0.29, 0.717) is 18.7 Å². The predicted octanol–water partition coefficient (Wildman–Crippen LogP) is 4.52. The number of aliphatic hydroxyl groups excluding tert-OH is 1. The number of amides is 3. The molecule has 0 saturated carbocycles. The summed E-state index contributed by atoms with van der Waals surface area (Å²) in [5, 5.41) is 10.7. The van der Waals surface area contributed by atoms with Gasteiger partial charge in [-0.25, -0.2) is 0 Å². The summed E-state index contributed by atoms with van der Waals surface area (Å²) in [5.74, 6) is -1.74. The molecule has 0 aromatic heterocycles. The average molecular weight is 617 g/mol. The van der Waals surface area contributed by atoms with Crippen LogP contribution in [-0.2, 0) is 14.4 Å². The molecule has 3 fully saturated rings. The van der Waals surface area contributed by atoms with Gasteiger partial charge < -0.3 is 24.7 Å². The fourth-order valence-corrected chi connectivity index (χ4v) is 9.78. The summed E-state index contributed by atoms with van der Waals surface area (Å²) in [6.07, 6.45) is 4.78. The van der Waals surface area contributed by atoms with Gasteiger partial charge in [0.25, 0.3) is 5.91 Å². The Morgan fingerprint density at radius 2 is 1.66 bits per heavy atom. The first-order chi connectivity index (χ1) is 21.3. The van der Waals surface area contributed by atoms with Gasteiger partial charge in [-0.3, -0.25) is 14.4 Å². The second-order valence-corrected chi connectivity index (χ2v) is 13.4. The quantitative estimate of drug-likeness (QED) is 0.333. The lowest BCUT2D eigenvalue weighted by Crippen LogP contribution is -2.56. The number of rotatable bonds is 13. The summed E-state index contributed by atoms with van der Waals surface area (Å²) in [6, 6.07) is 15.7. The van der Waals surface area contributed by atoms with Gasteiger partial charge in [0, 0.05) is 49.9 Å². The molecule has 9 heteroatoms. The van der Waals surface area contributed by atoms with Gasteiger partial charge in [0.05, 0.1) is 29.2 Å². The fraction of sp³-hybridized carbons (Fsp3) is 0.457. The maximum absolute atomic E-state index is 15.0. The van der Waals surface area contributed by atoms with Crippen molar-refractivity contribution in [3.05, 3.63) is 85.5 Å². The van der Waals surface area contributed by atoms with Gasteiger partial charge in [0.15, 0.2) is 0 Å². The number of nitrogens with zero attached hydrogens (tertiary/aromatic N) is 4. The van der Waals surface area contributed by atoms with Gasteiger partial charge >= 0.3 is 0 Å². The molecule has 2 unspecified atom stereocenters. The molecule has 0 radical (unpaired) electrons.